The predicted molar refractivity (Wildman–Crippen MR) is 108 cm³/mol. The van der Waals surface area contributed by atoms with E-state index in [2.05, 4.69) is 24.1 Å². The Balaban J connectivity index is 1.89. The number of urea groups is 1. The quantitative estimate of drug-likeness (QED) is 0.676. The van der Waals surface area contributed by atoms with Gasteiger partial charge in [-0.3, -0.25) is 4.79 Å². The molecule has 0 bridgehead atoms. The van der Waals surface area contributed by atoms with E-state index in [-0.39, 0.29) is 18.5 Å². The molecule has 1 saturated heterocycles. The molecule has 2 rings (SSSR count). The summed E-state index contributed by atoms with van der Waals surface area (Å²) in [5.74, 6) is -0.386. The van der Waals surface area contributed by atoms with Crippen LogP contribution < -0.4 is 10.1 Å². The highest BCUT2D eigenvalue weighted by Crippen LogP contribution is 2.22. The summed E-state index contributed by atoms with van der Waals surface area (Å²) in [6.45, 7) is 10.9. The van der Waals surface area contributed by atoms with Crippen LogP contribution in [0.5, 0.6) is 5.75 Å². The number of nitrogens with one attached hydrogen (secondary N) is 1. The van der Waals surface area contributed by atoms with Crippen molar-refractivity contribution in [1.82, 2.24) is 15.1 Å². The lowest BCUT2D eigenvalue weighted by atomic mass is 9.91. The van der Waals surface area contributed by atoms with Gasteiger partial charge in [-0.2, -0.15) is 0 Å². The third-order valence-electron chi connectivity index (χ3n) is 5.26. The minimum Gasteiger partial charge on any atom is -0.492 e. The molecule has 1 aliphatic rings. The van der Waals surface area contributed by atoms with Crippen LogP contribution in [0, 0.1) is 11.8 Å². The molecular weight excluding hydrogens is 358 g/mol. The van der Waals surface area contributed by atoms with Gasteiger partial charge >= 0.3 is 12.0 Å². The van der Waals surface area contributed by atoms with Crippen molar-refractivity contribution < 1.29 is 19.4 Å². The number of amides is 2. The molecule has 0 radical (unpaired) electrons. The minimum absolute atomic E-state index is 0.177. The summed E-state index contributed by atoms with van der Waals surface area (Å²) in [6, 6.07) is 7.46. The summed E-state index contributed by atoms with van der Waals surface area (Å²) >= 11 is 0. The summed E-state index contributed by atoms with van der Waals surface area (Å²) in [5, 5.41) is 12.2. The Morgan fingerprint density at radius 3 is 2.64 bits per heavy atom. The van der Waals surface area contributed by atoms with E-state index in [1.165, 1.54) is 0 Å². The van der Waals surface area contributed by atoms with E-state index in [4.69, 9.17) is 4.74 Å². The number of para-hydroxylation sites is 1. The molecule has 0 saturated carbocycles. The SMILES string of the molecule is CCN(CC)CCOc1ccccc1CNC(=O)N1CC(C)CC(C(=O)O)C1. The molecule has 1 heterocycles. The fraction of sp³-hybridized carbons (Fsp3) is 0.619. The van der Waals surface area contributed by atoms with E-state index in [1.54, 1.807) is 4.90 Å². The van der Waals surface area contributed by atoms with Crippen molar-refractivity contribution >= 4 is 12.0 Å². The topological polar surface area (TPSA) is 82.1 Å². The van der Waals surface area contributed by atoms with Crippen molar-refractivity contribution in [2.45, 2.75) is 33.7 Å². The Bertz CT molecular complexity index is 648. The number of rotatable bonds is 9. The fourth-order valence-electron chi connectivity index (χ4n) is 3.59. The van der Waals surface area contributed by atoms with Gasteiger partial charge in [-0.1, -0.05) is 39.0 Å². The summed E-state index contributed by atoms with van der Waals surface area (Å²) in [6.07, 6.45) is 0.613. The molecule has 0 aliphatic carbocycles. The van der Waals surface area contributed by atoms with Crippen LogP contribution in [0.2, 0.25) is 0 Å². The summed E-state index contributed by atoms with van der Waals surface area (Å²) in [5.41, 5.74) is 0.912. The maximum Gasteiger partial charge on any atom is 0.317 e. The van der Waals surface area contributed by atoms with E-state index < -0.39 is 11.9 Å². The number of likely N-dealkylation sites (N-methyl/N-ethyl adjacent to an activating group) is 1. The first-order valence-electron chi connectivity index (χ1n) is 10.1. The fourth-order valence-corrected chi connectivity index (χ4v) is 3.59. The third kappa shape index (κ3) is 6.41. The van der Waals surface area contributed by atoms with Crippen LogP contribution in [0.4, 0.5) is 4.79 Å². The van der Waals surface area contributed by atoms with Crippen molar-refractivity contribution in [3.8, 4) is 5.75 Å². The number of nitrogens with zero attached hydrogens (tertiary/aromatic N) is 2. The molecule has 7 nitrogen and oxygen atoms in total. The molecule has 1 fully saturated rings. The Morgan fingerprint density at radius 2 is 1.96 bits per heavy atom. The van der Waals surface area contributed by atoms with Crippen LogP contribution in [0.3, 0.4) is 0 Å². The van der Waals surface area contributed by atoms with Crippen LogP contribution >= 0.6 is 0 Å². The number of likely N-dealkylation sites (tertiary alicyclic amines) is 1. The number of piperidine rings is 1. The molecule has 2 atom stereocenters. The van der Waals surface area contributed by atoms with Gasteiger partial charge in [-0.05, 0) is 31.5 Å². The molecule has 7 heteroatoms. The van der Waals surface area contributed by atoms with Gasteiger partial charge in [0.15, 0.2) is 0 Å². The first kappa shape index (κ1) is 22.0. The molecule has 0 spiro atoms. The number of hydrogen-bond acceptors (Lipinski definition) is 4. The van der Waals surface area contributed by atoms with Gasteiger partial charge in [-0.25, -0.2) is 4.79 Å². The number of ether oxygens (including phenoxy) is 1. The van der Waals surface area contributed by atoms with E-state index in [1.807, 2.05) is 31.2 Å². The van der Waals surface area contributed by atoms with Crippen molar-refractivity contribution in [2.24, 2.45) is 11.8 Å². The van der Waals surface area contributed by atoms with Crippen LogP contribution in [-0.2, 0) is 11.3 Å². The molecule has 2 unspecified atom stereocenters. The highest BCUT2D eigenvalue weighted by Gasteiger charge is 2.31. The number of carboxylic acids is 1. The van der Waals surface area contributed by atoms with Gasteiger partial charge < -0.3 is 25.0 Å². The first-order valence-corrected chi connectivity index (χ1v) is 10.1. The lowest BCUT2D eigenvalue weighted by Crippen LogP contribution is -2.49. The average molecular weight is 392 g/mol. The van der Waals surface area contributed by atoms with Gasteiger partial charge in [0.05, 0.1) is 5.92 Å². The van der Waals surface area contributed by atoms with Gasteiger partial charge in [0, 0.05) is 31.7 Å². The second kappa shape index (κ2) is 10.9. The number of carbonyl (C=O) groups excluding carboxylic acids is 1. The largest absolute Gasteiger partial charge is 0.492 e. The van der Waals surface area contributed by atoms with E-state index in [0.717, 1.165) is 30.9 Å². The number of carboxylic acid groups (broad SMARTS) is 1. The Morgan fingerprint density at radius 1 is 1.25 bits per heavy atom. The minimum atomic E-state index is -0.837. The molecule has 2 amide bonds. The van der Waals surface area contributed by atoms with E-state index >= 15 is 0 Å². The Labute approximate surface area is 167 Å². The van der Waals surface area contributed by atoms with Crippen LogP contribution in [0.25, 0.3) is 0 Å². The second-order valence-corrected chi connectivity index (χ2v) is 7.42. The maximum atomic E-state index is 12.6. The monoisotopic (exact) mass is 391 g/mol. The van der Waals surface area contributed by atoms with Gasteiger partial charge in [0.1, 0.15) is 12.4 Å². The number of aliphatic carboxylic acids is 1. The third-order valence-corrected chi connectivity index (χ3v) is 5.26. The lowest BCUT2D eigenvalue weighted by Gasteiger charge is -2.34. The molecule has 156 valence electrons. The zero-order chi connectivity index (χ0) is 20.5. The molecule has 0 aromatic heterocycles. The van der Waals surface area contributed by atoms with Crippen LogP contribution in [0.15, 0.2) is 24.3 Å². The predicted octanol–water partition coefficient (Wildman–Crippen LogP) is 2.66. The van der Waals surface area contributed by atoms with E-state index in [0.29, 0.717) is 26.1 Å². The van der Waals surface area contributed by atoms with Crippen molar-refractivity contribution in [2.75, 3.05) is 39.3 Å². The zero-order valence-electron chi connectivity index (χ0n) is 17.2. The summed E-state index contributed by atoms with van der Waals surface area (Å²) < 4.78 is 5.93. The normalized spacial score (nSPS) is 19.5. The molecular formula is C21H33N3O4. The molecule has 2 N–H and O–H groups in total. The zero-order valence-corrected chi connectivity index (χ0v) is 17.2. The number of carbonyl (C=O) groups is 2. The van der Waals surface area contributed by atoms with E-state index in [9.17, 15) is 14.7 Å². The second-order valence-electron chi connectivity index (χ2n) is 7.42. The Hall–Kier alpha value is -2.28. The molecule has 1 aromatic rings. The van der Waals surface area contributed by atoms with Gasteiger partial charge in [0.25, 0.3) is 0 Å². The number of benzene rings is 1. The average Bonchev–Trinajstić information content (AvgIpc) is 2.69. The summed E-state index contributed by atoms with van der Waals surface area (Å²) in [4.78, 5) is 27.8. The van der Waals surface area contributed by atoms with Gasteiger partial charge in [-0.15, -0.1) is 0 Å². The lowest BCUT2D eigenvalue weighted by molar-refractivity contribution is -0.143. The highest BCUT2D eigenvalue weighted by atomic mass is 16.5. The van der Waals surface area contributed by atoms with Crippen molar-refractivity contribution in [1.29, 1.82) is 0 Å². The first-order chi connectivity index (χ1) is 13.4. The molecule has 1 aliphatic heterocycles. The number of hydrogen-bond donors (Lipinski definition) is 2. The van der Waals surface area contributed by atoms with Gasteiger partial charge in [0.2, 0.25) is 0 Å². The van der Waals surface area contributed by atoms with Crippen molar-refractivity contribution in [3.05, 3.63) is 29.8 Å². The standard InChI is InChI=1S/C21H33N3O4/c1-4-23(5-2)10-11-28-19-9-7-6-8-17(19)13-22-21(27)24-14-16(3)12-18(15-24)20(25)26/h6-9,16,18H,4-5,10-15H2,1-3H3,(H,22,27)(H,25,26). The van der Waals surface area contributed by atoms with Crippen molar-refractivity contribution in [3.63, 3.8) is 0 Å². The van der Waals surface area contributed by atoms with Crippen LogP contribution in [0.1, 0.15) is 32.8 Å². The smallest absolute Gasteiger partial charge is 0.317 e. The maximum absolute atomic E-state index is 12.6. The molecule has 28 heavy (non-hydrogen) atoms. The van der Waals surface area contributed by atoms with Crippen LogP contribution in [-0.4, -0.2) is 66.2 Å². The summed E-state index contributed by atoms with van der Waals surface area (Å²) in [7, 11) is 0. The highest BCUT2D eigenvalue weighted by molar-refractivity contribution is 5.76. The molecule has 1 aromatic carbocycles. The Kier molecular flexibility index (Phi) is 8.57.